The molecule has 1 aliphatic heterocycles. The Morgan fingerprint density at radius 3 is 2.21 bits per heavy atom. The molecule has 0 bridgehead atoms. The predicted molar refractivity (Wildman–Crippen MR) is 79.2 cm³/mol. The van der Waals surface area contributed by atoms with Crippen LogP contribution in [0.5, 0.6) is 0 Å². The fraction of sp³-hybridized carbons (Fsp3) is 1.00. The van der Waals surface area contributed by atoms with E-state index in [0.717, 1.165) is 25.3 Å². The molecule has 1 N–H and O–H groups in total. The van der Waals surface area contributed by atoms with Gasteiger partial charge in [-0.05, 0) is 49.9 Å². The maximum absolute atomic E-state index is 10.8. The van der Waals surface area contributed by atoms with Gasteiger partial charge in [0.15, 0.2) is 0 Å². The largest absolute Gasteiger partial charge is 0.389 e. The molecule has 1 heterocycles. The van der Waals surface area contributed by atoms with E-state index in [4.69, 9.17) is 0 Å². The summed E-state index contributed by atoms with van der Waals surface area (Å²) in [5.41, 5.74) is 0.303. The molecule has 2 aliphatic carbocycles. The van der Waals surface area contributed by atoms with Gasteiger partial charge in [-0.1, -0.05) is 32.6 Å². The maximum Gasteiger partial charge on any atom is 0.0774 e. The second-order valence-electron chi connectivity index (χ2n) is 7.78. The van der Waals surface area contributed by atoms with Crippen molar-refractivity contribution in [3.8, 4) is 0 Å². The van der Waals surface area contributed by atoms with E-state index in [1.165, 1.54) is 64.5 Å². The molecule has 3 rings (SSSR count). The van der Waals surface area contributed by atoms with Gasteiger partial charge in [0, 0.05) is 19.6 Å². The van der Waals surface area contributed by atoms with Gasteiger partial charge in [0.2, 0.25) is 0 Å². The highest BCUT2D eigenvalue weighted by atomic mass is 16.3. The smallest absolute Gasteiger partial charge is 0.0774 e. The Balaban J connectivity index is 1.45. The average molecular weight is 265 g/mol. The van der Waals surface area contributed by atoms with E-state index in [9.17, 15) is 5.11 Å². The molecule has 0 aromatic heterocycles. The summed E-state index contributed by atoms with van der Waals surface area (Å²) < 4.78 is 0. The van der Waals surface area contributed by atoms with Crippen molar-refractivity contribution >= 4 is 0 Å². The van der Waals surface area contributed by atoms with Crippen molar-refractivity contribution in [2.45, 2.75) is 76.7 Å². The van der Waals surface area contributed by atoms with Crippen LogP contribution in [0.1, 0.15) is 71.1 Å². The zero-order valence-corrected chi connectivity index (χ0v) is 12.7. The quantitative estimate of drug-likeness (QED) is 0.843. The van der Waals surface area contributed by atoms with Gasteiger partial charge in [-0.2, -0.15) is 0 Å². The summed E-state index contributed by atoms with van der Waals surface area (Å²) in [6.45, 7) is 5.78. The fourth-order valence-electron chi connectivity index (χ4n) is 4.83. The Morgan fingerprint density at radius 2 is 1.63 bits per heavy atom. The summed E-state index contributed by atoms with van der Waals surface area (Å²) in [4.78, 5) is 2.54. The van der Waals surface area contributed by atoms with Crippen molar-refractivity contribution in [2.75, 3.05) is 19.6 Å². The average Bonchev–Trinajstić information content (AvgIpc) is 2.39. The molecular weight excluding hydrogens is 234 g/mol. The SMILES string of the molecule is CCC1CCC(O)(CN2CC3(CCCCC3)C2)CC1. The minimum Gasteiger partial charge on any atom is -0.389 e. The highest BCUT2D eigenvalue weighted by Crippen LogP contribution is 2.45. The van der Waals surface area contributed by atoms with Crippen LogP contribution < -0.4 is 0 Å². The zero-order valence-electron chi connectivity index (χ0n) is 12.7. The molecule has 110 valence electrons. The Hall–Kier alpha value is -0.0800. The van der Waals surface area contributed by atoms with Gasteiger partial charge >= 0.3 is 0 Å². The first kappa shape index (κ1) is 13.9. The number of likely N-dealkylation sites (tertiary alicyclic amines) is 1. The van der Waals surface area contributed by atoms with Gasteiger partial charge < -0.3 is 5.11 Å². The van der Waals surface area contributed by atoms with Gasteiger partial charge in [-0.15, -0.1) is 0 Å². The third-order valence-electron chi connectivity index (χ3n) is 6.16. The normalized spacial score (nSPS) is 39.2. The highest BCUT2D eigenvalue weighted by molar-refractivity contribution is 4.99. The van der Waals surface area contributed by atoms with Gasteiger partial charge in [0.25, 0.3) is 0 Å². The second kappa shape index (κ2) is 5.37. The third kappa shape index (κ3) is 3.00. The monoisotopic (exact) mass is 265 g/mol. The number of β-amino-alcohol motifs (C(OH)–C–C–N with tert-alkyl or cyclic N) is 1. The topological polar surface area (TPSA) is 23.5 Å². The molecule has 0 aromatic rings. The van der Waals surface area contributed by atoms with Crippen molar-refractivity contribution in [3.05, 3.63) is 0 Å². The summed E-state index contributed by atoms with van der Waals surface area (Å²) in [6.07, 6.45) is 13.1. The van der Waals surface area contributed by atoms with Crippen LogP contribution in [0.3, 0.4) is 0 Å². The number of hydrogen-bond donors (Lipinski definition) is 1. The molecule has 2 saturated carbocycles. The molecule has 1 spiro atoms. The molecule has 3 aliphatic rings. The molecule has 2 heteroatoms. The van der Waals surface area contributed by atoms with Crippen molar-refractivity contribution in [1.29, 1.82) is 0 Å². The summed E-state index contributed by atoms with van der Waals surface area (Å²) in [5, 5.41) is 10.8. The summed E-state index contributed by atoms with van der Waals surface area (Å²) in [6, 6.07) is 0. The molecule has 0 unspecified atom stereocenters. The fourth-order valence-corrected chi connectivity index (χ4v) is 4.83. The molecule has 3 fully saturated rings. The lowest BCUT2D eigenvalue weighted by Gasteiger charge is -2.55. The minimum absolute atomic E-state index is 0.359. The molecule has 0 amide bonds. The van der Waals surface area contributed by atoms with Crippen LogP contribution in [0.2, 0.25) is 0 Å². The van der Waals surface area contributed by atoms with Crippen molar-refractivity contribution < 1.29 is 5.11 Å². The van der Waals surface area contributed by atoms with Crippen LogP contribution in [0.25, 0.3) is 0 Å². The van der Waals surface area contributed by atoms with Crippen LogP contribution in [0.4, 0.5) is 0 Å². The minimum atomic E-state index is -0.359. The van der Waals surface area contributed by atoms with Crippen LogP contribution in [-0.2, 0) is 0 Å². The number of rotatable bonds is 3. The number of nitrogens with zero attached hydrogens (tertiary/aromatic N) is 1. The van der Waals surface area contributed by atoms with Crippen molar-refractivity contribution in [3.63, 3.8) is 0 Å². The first-order chi connectivity index (χ1) is 9.13. The Bertz CT molecular complexity index is 292. The van der Waals surface area contributed by atoms with Gasteiger partial charge in [-0.25, -0.2) is 0 Å². The summed E-state index contributed by atoms with van der Waals surface area (Å²) in [7, 11) is 0. The molecular formula is C17H31NO. The van der Waals surface area contributed by atoms with Crippen LogP contribution >= 0.6 is 0 Å². The Labute approximate surface area is 118 Å². The second-order valence-corrected chi connectivity index (χ2v) is 7.78. The van der Waals surface area contributed by atoms with Crippen molar-refractivity contribution in [1.82, 2.24) is 4.90 Å². The zero-order chi connectivity index (χ0) is 13.3. The van der Waals surface area contributed by atoms with Gasteiger partial charge in [0.05, 0.1) is 5.60 Å². The van der Waals surface area contributed by atoms with Crippen LogP contribution in [0.15, 0.2) is 0 Å². The number of aliphatic hydroxyl groups is 1. The standard InChI is InChI=1S/C17H31NO/c1-2-15-6-10-17(19,11-7-15)14-18-12-16(13-18)8-4-3-5-9-16/h15,19H,2-14H2,1H3. The molecule has 0 radical (unpaired) electrons. The van der Waals surface area contributed by atoms with E-state index in [2.05, 4.69) is 11.8 Å². The molecule has 0 atom stereocenters. The highest BCUT2D eigenvalue weighted by Gasteiger charge is 2.46. The Morgan fingerprint density at radius 1 is 1.00 bits per heavy atom. The van der Waals surface area contributed by atoms with E-state index >= 15 is 0 Å². The van der Waals surface area contributed by atoms with E-state index in [1.54, 1.807) is 0 Å². The lowest BCUT2D eigenvalue weighted by Crippen LogP contribution is -2.61. The molecule has 0 aromatic carbocycles. The Kier molecular flexibility index (Phi) is 3.92. The van der Waals surface area contributed by atoms with Crippen LogP contribution in [0, 0.1) is 11.3 Å². The van der Waals surface area contributed by atoms with E-state index in [1.807, 2.05) is 0 Å². The molecule has 2 nitrogen and oxygen atoms in total. The molecule has 1 saturated heterocycles. The molecule has 19 heavy (non-hydrogen) atoms. The maximum atomic E-state index is 10.8. The predicted octanol–water partition coefficient (Wildman–Crippen LogP) is 3.58. The van der Waals surface area contributed by atoms with Gasteiger partial charge in [-0.3, -0.25) is 4.90 Å². The first-order valence-corrected chi connectivity index (χ1v) is 8.58. The summed E-state index contributed by atoms with van der Waals surface area (Å²) >= 11 is 0. The lowest BCUT2D eigenvalue weighted by molar-refractivity contribution is -0.0975. The van der Waals surface area contributed by atoms with Crippen molar-refractivity contribution in [2.24, 2.45) is 11.3 Å². The van der Waals surface area contributed by atoms with E-state index in [0.29, 0.717) is 5.41 Å². The van der Waals surface area contributed by atoms with E-state index in [-0.39, 0.29) is 5.60 Å². The third-order valence-corrected chi connectivity index (χ3v) is 6.16. The summed E-state index contributed by atoms with van der Waals surface area (Å²) in [5.74, 6) is 0.876. The van der Waals surface area contributed by atoms with Gasteiger partial charge in [0.1, 0.15) is 0 Å². The van der Waals surface area contributed by atoms with Crippen LogP contribution in [-0.4, -0.2) is 35.2 Å². The number of hydrogen-bond acceptors (Lipinski definition) is 2. The van der Waals surface area contributed by atoms with E-state index < -0.39 is 0 Å². The first-order valence-electron chi connectivity index (χ1n) is 8.58. The lowest BCUT2D eigenvalue weighted by atomic mass is 9.68.